The number of methoxy groups -OCH3 is 2. The molecule has 5 heteroatoms. The van der Waals surface area contributed by atoms with Gasteiger partial charge < -0.3 is 14.6 Å². The van der Waals surface area contributed by atoms with Crippen LogP contribution in [0.4, 0.5) is 4.39 Å². The maximum atomic E-state index is 13.0. The molecule has 2 rings (SSSR count). The first-order valence-electron chi connectivity index (χ1n) is 6.38. The maximum Gasteiger partial charge on any atom is 0.124 e. The highest BCUT2D eigenvalue weighted by molar-refractivity contribution is 6.31. The summed E-state index contributed by atoms with van der Waals surface area (Å²) < 4.78 is 23.4. The number of benzene rings is 2. The quantitative estimate of drug-likeness (QED) is 0.913. The van der Waals surface area contributed by atoms with Crippen molar-refractivity contribution in [2.45, 2.75) is 12.5 Å². The van der Waals surface area contributed by atoms with Crippen molar-refractivity contribution in [1.29, 1.82) is 0 Å². The van der Waals surface area contributed by atoms with Gasteiger partial charge in [0.2, 0.25) is 0 Å². The predicted octanol–water partition coefficient (Wildman–Crippen LogP) is 3.77. The fraction of sp³-hybridized carbons (Fsp3) is 0.250. The zero-order valence-corrected chi connectivity index (χ0v) is 12.5. The van der Waals surface area contributed by atoms with Gasteiger partial charge in [-0.1, -0.05) is 17.7 Å². The third-order valence-electron chi connectivity index (χ3n) is 3.19. The van der Waals surface area contributed by atoms with E-state index in [1.807, 2.05) is 0 Å². The first-order valence-corrected chi connectivity index (χ1v) is 6.76. The summed E-state index contributed by atoms with van der Waals surface area (Å²) in [5.74, 6) is 0.781. The first kappa shape index (κ1) is 15.6. The maximum absolute atomic E-state index is 13.0. The minimum Gasteiger partial charge on any atom is -0.497 e. The molecular formula is C16H16ClFO3. The van der Waals surface area contributed by atoms with E-state index in [1.165, 1.54) is 12.1 Å². The number of aliphatic hydroxyl groups excluding tert-OH is 1. The molecule has 1 N–H and O–H groups in total. The Kier molecular flexibility index (Phi) is 5.04. The number of hydrogen-bond donors (Lipinski definition) is 1. The average Bonchev–Trinajstić information content (AvgIpc) is 2.49. The third-order valence-corrected chi connectivity index (χ3v) is 3.54. The predicted molar refractivity (Wildman–Crippen MR) is 79.6 cm³/mol. The van der Waals surface area contributed by atoms with Crippen LogP contribution in [0.3, 0.4) is 0 Å². The monoisotopic (exact) mass is 310 g/mol. The van der Waals surface area contributed by atoms with Gasteiger partial charge in [-0.05, 0) is 35.4 Å². The Labute approximate surface area is 127 Å². The van der Waals surface area contributed by atoms with E-state index in [4.69, 9.17) is 21.1 Å². The van der Waals surface area contributed by atoms with E-state index in [2.05, 4.69) is 0 Å². The van der Waals surface area contributed by atoms with Crippen molar-refractivity contribution in [2.75, 3.05) is 14.2 Å². The van der Waals surface area contributed by atoms with Crippen LogP contribution < -0.4 is 9.47 Å². The van der Waals surface area contributed by atoms with Gasteiger partial charge in [0.25, 0.3) is 0 Å². The van der Waals surface area contributed by atoms with Crippen LogP contribution >= 0.6 is 11.6 Å². The summed E-state index contributed by atoms with van der Waals surface area (Å²) >= 11 is 5.98. The minimum absolute atomic E-state index is 0.273. The summed E-state index contributed by atoms with van der Waals surface area (Å²) in [6.07, 6.45) is -0.521. The second-order valence-corrected chi connectivity index (χ2v) is 5.01. The molecule has 3 nitrogen and oxygen atoms in total. The topological polar surface area (TPSA) is 38.7 Å². The highest BCUT2D eigenvalue weighted by Gasteiger charge is 2.14. The molecule has 0 spiro atoms. The zero-order valence-electron chi connectivity index (χ0n) is 11.8. The van der Waals surface area contributed by atoms with Gasteiger partial charge >= 0.3 is 0 Å². The average molecular weight is 311 g/mol. The van der Waals surface area contributed by atoms with Crippen molar-refractivity contribution >= 4 is 11.6 Å². The van der Waals surface area contributed by atoms with E-state index in [9.17, 15) is 9.50 Å². The Bertz CT molecular complexity index is 609. The van der Waals surface area contributed by atoms with E-state index in [0.29, 0.717) is 27.6 Å². The second kappa shape index (κ2) is 6.78. The fourth-order valence-electron chi connectivity index (χ4n) is 2.04. The number of rotatable bonds is 5. The Morgan fingerprint density at radius 2 is 1.71 bits per heavy atom. The van der Waals surface area contributed by atoms with Gasteiger partial charge in [0.15, 0.2) is 0 Å². The summed E-state index contributed by atoms with van der Waals surface area (Å²) in [6, 6.07) is 9.30. The molecule has 0 bridgehead atoms. The van der Waals surface area contributed by atoms with Gasteiger partial charge in [0.1, 0.15) is 17.3 Å². The lowest BCUT2D eigenvalue weighted by Crippen LogP contribution is -2.03. The molecule has 112 valence electrons. The van der Waals surface area contributed by atoms with Crippen LogP contribution in [0.1, 0.15) is 17.2 Å². The molecule has 0 radical (unpaired) electrons. The van der Waals surface area contributed by atoms with Crippen molar-refractivity contribution < 1.29 is 19.0 Å². The van der Waals surface area contributed by atoms with E-state index < -0.39 is 11.9 Å². The van der Waals surface area contributed by atoms with Crippen LogP contribution in [0.2, 0.25) is 5.02 Å². The summed E-state index contributed by atoms with van der Waals surface area (Å²) in [7, 11) is 3.09. The number of aliphatic hydroxyl groups is 1. The van der Waals surface area contributed by atoms with Crippen LogP contribution in [0, 0.1) is 5.82 Å². The summed E-state index contributed by atoms with van der Waals surface area (Å²) in [5.41, 5.74) is 1.32. The lowest BCUT2D eigenvalue weighted by Gasteiger charge is -2.15. The molecule has 0 saturated carbocycles. The lowest BCUT2D eigenvalue weighted by molar-refractivity contribution is 0.177. The Balaban J connectivity index is 2.25. The van der Waals surface area contributed by atoms with E-state index >= 15 is 0 Å². The summed E-state index contributed by atoms with van der Waals surface area (Å²) in [6.45, 7) is 0. The van der Waals surface area contributed by atoms with Crippen molar-refractivity contribution in [3.8, 4) is 11.5 Å². The second-order valence-electron chi connectivity index (χ2n) is 4.60. The molecule has 0 aliphatic heterocycles. The molecule has 2 aromatic rings. The highest BCUT2D eigenvalue weighted by Crippen LogP contribution is 2.29. The molecule has 2 aromatic carbocycles. The van der Waals surface area contributed by atoms with Gasteiger partial charge in [-0.3, -0.25) is 0 Å². The molecule has 1 unspecified atom stereocenters. The van der Waals surface area contributed by atoms with Crippen molar-refractivity contribution in [1.82, 2.24) is 0 Å². The van der Waals surface area contributed by atoms with Crippen LogP contribution in [-0.2, 0) is 6.42 Å². The molecule has 0 aliphatic rings. The molecule has 0 amide bonds. The molecule has 0 saturated heterocycles. The van der Waals surface area contributed by atoms with Gasteiger partial charge in [-0.25, -0.2) is 4.39 Å². The molecule has 0 aromatic heterocycles. The number of halogens is 2. The van der Waals surface area contributed by atoms with Crippen LogP contribution in [-0.4, -0.2) is 19.3 Å². The molecular weight excluding hydrogens is 295 g/mol. The Morgan fingerprint density at radius 1 is 1.10 bits per heavy atom. The van der Waals surface area contributed by atoms with Crippen molar-refractivity contribution in [3.63, 3.8) is 0 Å². The Hall–Kier alpha value is -1.78. The number of hydrogen-bond acceptors (Lipinski definition) is 3. The van der Waals surface area contributed by atoms with Gasteiger partial charge in [0.05, 0.1) is 20.3 Å². The molecule has 21 heavy (non-hydrogen) atoms. The van der Waals surface area contributed by atoms with Crippen LogP contribution in [0.5, 0.6) is 11.5 Å². The van der Waals surface area contributed by atoms with Gasteiger partial charge in [-0.2, -0.15) is 0 Å². The normalized spacial score (nSPS) is 12.0. The van der Waals surface area contributed by atoms with E-state index in [0.717, 1.165) is 0 Å². The van der Waals surface area contributed by atoms with Gasteiger partial charge in [0, 0.05) is 17.5 Å². The first-order chi connectivity index (χ1) is 10.0. The Morgan fingerprint density at radius 3 is 2.24 bits per heavy atom. The molecule has 0 heterocycles. The lowest BCUT2D eigenvalue weighted by atomic mass is 10.0. The zero-order chi connectivity index (χ0) is 15.4. The standard InChI is InChI=1S/C16H16ClFO3/c1-20-13-5-11(6-14(9-13)21-2)16(19)7-10-3-4-12(18)8-15(10)17/h3-6,8-9,16,19H,7H2,1-2H3. The van der Waals surface area contributed by atoms with Crippen LogP contribution in [0.15, 0.2) is 36.4 Å². The van der Waals surface area contributed by atoms with E-state index in [-0.39, 0.29) is 6.42 Å². The fourth-order valence-corrected chi connectivity index (χ4v) is 2.28. The molecule has 0 aliphatic carbocycles. The van der Waals surface area contributed by atoms with E-state index in [1.54, 1.807) is 38.5 Å². The highest BCUT2D eigenvalue weighted by atomic mass is 35.5. The van der Waals surface area contributed by atoms with Crippen LogP contribution in [0.25, 0.3) is 0 Å². The third kappa shape index (κ3) is 3.86. The van der Waals surface area contributed by atoms with Crippen molar-refractivity contribution in [3.05, 3.63) is 58.4 Å². The largest absolute Gasteiger partial charge is 0.497 e. The van der Waals surface area contributed by atoms with Crippen molar-refractivity contribution in [2.24, 2.45) is 0 Å². The summed E-state index contributed by atoms with van der Waals surface area (Å²) in [4.78, 5) is 0. The molecule has 1 atom stereocenters. The SMILES string of the molecule is COc1cc(OC)cc(C(O)Cc2ccc(F)cc2Cl)c1. The molecule has 0 fully saturated rings. The number of ether oxygens (including phenoxy) is 2. The summed E-state index contributed by atoms with van der Waals surface area (Å²) in [5, 5.41) is 10.6. The minimum atomic E-state index is -0.794. The van der Waals surface area contributed by atoms with Gasteiger partial charge in [-0.15, -0.1) is 0 Å². The smallest absolute Gasteiger partial charge is 0.124 e.